The number of hydrogen-bond donors (Lipinski definition) is 0. The standard InChI is InChI=1S/C23H24ClN5O3S/c1-16-15-32-13-12-28(16)20-14-19(24)26-21(27-20)17-6-10-25-22-18(17)7-11-29(22)33(30,31)23(2)8-4-3-5-9-23/h3-8,10-11,14,16H,9,12-13,15H2,1-2H3/t16-,23?/m1/s1. The van der Waals surface area contributed by atoms with E-state index in [1.807, 2.05) is 12.2 Å². The number of aromatic nitrogens is 4. The van der Waals surface area contributed by atoms with Crippen molar-refractivity contribution in [1.29, 1.82) is 0 Å². The number of hydrogen-bond acceptors (Lipinski definition) is 7. The third-order valence-corrected chi connectivity index (χ3v) is 8.69. The molecule has 0 radical (unpaired) electrons. The Hall–Kier alpha value is -2.75. The average Bonchev–Trinajstić information content (AvgIpc) is 3.24. The van der Waals surface area contributed by atoms with Gasteiger partial charge in [0.2, 0.25) is 10.0 Å². The van der Waals surface area contributed by atoms with Gasteiger partial charge in [-0.2, -0.15) is 0 Å². The lowest BCUT2D eigenvalue weighted by Gasteiger charge is -2.34. The highest BCUT2D eigenvalue weighted by atomic mass is 35.5. The molecule has 1 fully saturated rings. The van der Waals surface area contributed by atoms with Crippen LogP contribution < -0.4 is 4.90 Å². The molecule has 3 aromatic rings. The first-order valence-electron chi connectivity index (χ1n) is 10.7. The van der Waals surface area contributed by atoms with Gasteiger partial charge in [0, 0.05) is 36.0 Å². The Labute approximate surface area is 197 Å². The first kappa shape index (κ1) is 22.1. The van der Waals surface area contributed by atoms with Crippen LogP contribution in [0, 0.1) is 0 Å². The van der Waals surface area contributed by atoms with Gasteiger partial charge in [-0.25, -0.2) is 27.3 Å². The van der Waals surface area contributed by atoms with E-state index in [4.69, 9.17) is 21.3 Å². The Morgan fingerprint density at radius 2 is 2.09 bits per heavy atom. The van der Waals surface area contributed by atoms with E-state index in [-0.39, 0.29) is 6.04 Å². The molecule has 0 amide bonds. The van der Waals surface area contributed by atoms with E-state index in [0.29, 0.717) is 59.6 Å². The Balaban J connectivity index is 1.61. The second-order valence-electron chi connectivity index (χ2n) is 8.51. The molecule has 4 heterocycles. The van der Waals surface area contributed by atoms with Gasteiger partial charge >= 0.3 is 0 Å². The van der Waals surface area contributed by atoms with Crippen LogP contribution in [0.1, 0.15) is 20.3 Å². The summed E-state index contributed by atoms with van der Waals surface area (Å²) in [7, 11) is -3.76. The maximum absolute atomic E-state index is 13.5. The molecule has 2 atom stereocenters. The van der Waals surface area contributed by atoms with Crippen LogP contribution in [-0.4, -0.2) is 57.9 Å². The average molecular weight is 486 g/mol. The van der Waals surface area contributed by atoms with Gasteiger partial charge in [0.1, 0.15) is 15.7 Å². The maximum Gasteiger partial charge on any atom is 0.249 e. The van der Waals surface area contributed by atoms with Gasteiger partial charge in [-0.05, 0) is 32.4 Å². The maximum atomic E-state index is 13.5. The van der Waals surface area contributed by atoms with Crippen LogP contribution >= 0.6 is 11.6 Å². The molecule has 33 heavy (non-hydrogen) atoms. The fraction of sp³-hybridized carbons (Fsp3) is 0.348. The molecular formula is C23H24ClN5O3S. The number of fused-ring (bicyclic) bond motifs is 1. The second kappa shape index (κ2) is 8.23. The van der Waals surface area contributed by atoms with Gasteiger partial charge in [0.05, 0.1) is 19.3 Å². The SMILES string of the molecule is C[C@@H]1COCCN1c1cc(Cl)nc(-c2ccnc3c2ccn3S(=O)(=O)C2(C)C=CC=CC2)n1. The van der Waals surface area contributed by atoms with Gasteiger partial charge < -0.3 is 9.64 Å². The van der Waals surface area contributed by atoms with E-state index in [0.717, 1.165) is 0 Å². The van der Waals surface area contributed by atoms with Crippen molar-refractivity contribution in [2.24, 2.45) is 0 Å². The van der Waals surface area contributed by atoms with Gasteiger partial charge in [0.25, 0.3) is 0 Å². The number of nitrogens with zero attached hydrogens (tertiary/aromatic N) is 5. The van der Waals surface area contributed by atoms with Crippen molar-refractivity contribution in [2.75, 3.05) is 24.7 Å². The van der Waals surface area contributed by atoms with Crippen LogP contribution in [0.4, 0.5) is 5.82 Å². The molecule has 1 saturated heterocycles. The smallest absolute Gasteiger partial charge is 0.249 e. The van der Waals surface area contributed by atoms with Crippen molar-refractivity contribution in [2.45, 2.75) is 31.1 Å². The first-order chi connectivity index (χ1) is 15.8. The van der Waals surface area contributed by atoms with Gasteiger partial charge in [-0.15, -0.1) is 0 Å². The fourth-order valence-corrected chi connectivity index (χ4v) is 6.05. The van der Waals surface area contributed by atoms with Crippen LogP contribution in [0.3, 0.4) is 0 Å². The minimum absolute atomic E-state index is 0.152. The van der Waals surface area contributed by atoms with Gasteiger partial charge in [0.15, 0.2) is 11.5 Å². The zero-order valence-corrected chi connectivity index (χ0v) is 19.9. The Morgan fingerprint density at radius 1 is 1.24 bits per heavy atom. The van der Waals surface area contributed by atoms with E-state index in [9.17, 15) is 8.42 Å². The van der Waals surface area contributed by atoms with Crippen LogP contribution in [0.25, 0.3) is 22.4 Å². The summed E-state index contributed by atoms with van der Waals surface area (Å²) >= 11 is 6.38. The molecule has 10 heteroatoms. The summed E-state index contributed by atoms with van der Waals surface area (Å²) in [6.07, 6.45) is 10.7. The molecule has 0 aromatic carbocycles. The van der Waals surface area contributed by atoms with E-state index in [1.165, 1.54) is 3.97 Å². The molecule has 0 N–H and O–H groups in total. The number of halogens is 1. The molecule has 1 aliphatic carbocycles. The predicted molar refractivity (Wildman–Crippen MR) is 129 cm³/mol. The highest BCUT2D eigenvalue weighted by Crippen LogP contribution is 2.34. The summed E-state index contributed by atoms with van der Waals surface area (Å²) in [6, 6.07) is 5.41. The topological polar surface area (TPSA) is 90.2 Å². The Bertz CT molecular complexity index is 1380. The van der Waals surface area contributed by atoms with Crippen LogP contribution in [0.15, 0.2) is 54.9 Å². The van der Waals surface area contributed by atoms with Crippen molar-refractivity contribution >= 4 is 38.5 Å². The van der Waals surface area contributed by atoms with E-state index < -0.39 is 14.8 Å². The van der Waals surface area contributed by atoms with Gasteiger partial charge in [-0.3, -0.25) is 0 Å². The predicted octanol–water partition coefficient (Wildman–Crippen LogP) is 3.82. The monoisotopic (exact) mass is 485 g/mol. The molecule has 8 nitrogen and oxygen atoms in total. The molecule has 1 unspecified atom stereocenters. The quantitative estimate of drug-likeness (QED) is 0.519. The summed E-state index contributed by atoms with van der Waals surface area (Å²) in [5.41, 5.74) is 1.00. The normalized spacial score (nSPS) is 23.4. The fourth-order valence-electron chi connectivity index (χ4n) is 4.27. The lowest BCUT2D eigenvalue weighted by molar-refractivity contribution is 0.0985. The first-order valence-corrected chi connectivity index (χ1v) is 12.6. The summed E-state index contributed by atoms with van der Waals surface area (Å²) in [5.74, 6) is 1.13. The molecule has 2 aliphatic rings. The van der Waals surface area contributed by atoms with E-state index in [1.54, 1.807) is 49.7 Å². The largest absolute Gasteiger partial charge is 0.377 e. The second-order valence-corrected chi connectivity index (χ2v) is 11.2. The molecule has 1 aliphatic heterocycles. The van der Waals surface area contributed by atoms with Crippen molar-refractivity contribution in [3.05, 3.63) is 60.0 Å². The lowest BCUT2D eigenvalue weighted by Crippen LogP contribution is -2.44. The number of ether oxygens (including phenoxy) is 1. The number of anilines is 1. The number of allylic oxidation sites excluding steroid dienone is 3. The molecule has 5 rings (SSSR count). The van der Waals surface area contributed by atoms with Crippen molar-refractivity contribution in [1.82, 2.24) is 18.9 Å². The molecule has 0 spiro atoms. The molecular weight excluding hydrogens is 462 g/mol. The van der Waals surface area contributed by atoms with Crippen molar-refractivity contribution in [3.63, 3.8) is 0 Å². The van der Waals surface area contributed by atoms with Gasteiger partial charge in [-0.1, -0.05) is 35.9 Å². The molecule has 0 bridgehead atoms. The summed E-state index contributed by atoms with van der Waals surface area (Å²) in [5, 5.41) is 0.959. The molecule has 172 valence electrons. The molecule has 3 aromatic heterocycles. The minimum Gasteiger partial charge on any atom is -0.377 e. The zero-order valence-electron chi connectivity index (χ0n) is 18.3. The number of morpholine rings is 1. The summed E-state index contributed by atoms with van der Waals surface area (Å²) in [4.78, 5) is 15.7. The van der Waals surface area contributed by atoms with Crippen LogP contribution in [0.5, 0.6) is 0 Å². The zero-order chi connectivity index (χ0) is 23.2. The third kappa shape index (κ3) is 3.74. The lowest BCUT2D eigenvalue weighted by atomic mass is 10.0. The van der Waals surface area contributed by atoms with Crippen LogP contribution in [-0.2, 0) is 14.8 Å². The van der Waals surface area contributed by atoms with E-state index >= 15 is 0 Å². The third-order valence-electron chi connectivity index (χ3n) is 6.21. The number of pyridine rings is 1. The van der Waals surface area contributed by atoms with Crippen molar-refractivity contribution in [3.8, 4) is 11.4 Å². The highest BCUT2D eigenvalue weighted by Gasteiger charge is 2.39. The van der Waals surface area contributed by atoms with E-state index in [2.05, 4.69) is 21.8 Å². The minimum atomic E-state index is -3.76. The Kier molecular flexibility index (Phi) is 5.50. The van der Waals surface area contributed by atoms with Crippen LogP contribution in [0.2, 0.25) is 5.15 Å². The molecule has 0 saturated carbocycles. The van der Waals surface area contributed by atoms with Crippen molar-refractivity contribution < 1.29 is 13.2 Å². The summed E-state index contributed by atoms with van der Waals surface area (Å²) in [6.45, 7) is 5.71. The summed E-state index contributed by atoms with van der Waals surface area (Å²) < 4.78 is 32.8. The Morgan fingerprint density at radius 3 is 2.85 bits per heavy atom. The number of rotatable bonds is 4. The highest BCUT2D eigenvalue weighted by molar-refractivity contribution is 7.91.